The molecule has 0 aromatic carbocycles. The van der Waals surface area contributed by atoms with Crippen LogP contribution in [0.25, 0.3) is 0 Å². The zero-order valence-electron chi connectivity index (χ0n) is 13.3. The summed E-state index contributed by atoms with van der Waals surface area (Å²) in [6.07, 6.45) is -0.681. The van der Waals surface area contributed by atoms with Gasteiger partial charge in [0.1, 0.15) is 5.82 Å². The Morgan fingerprint density at radius 1 is 1.48 bits per heavy atom. The average Bonchev–Trinajstić information content (AvgIpc) is 3.11. The van der Waals surface area contributed by atoms with Crippen LogP contribution in [0.2, 0.25) is 0 Å². The maximum atomic E-state index is 14.4. The topological polar surface area (TPSA) is 86.3 Å². The van der Waals surface area contributed by atoms with Gasteiger partial charge in [0.05, 0.1) is 17.3 Å². The smallest absolute Gasteiger partial charge is 0.351 e. The highest BCUT2D eigenvalue weighted by Crippen LogP contribution is 2.42. The second kappa shape index (κ2) is 6.11. The third-order valence-corrected chi connectivity index (χ3v) is 5.44. The van der Waals surface area contributed by atoms with Gasteiger partial charge in [-0.3, -0.25) is 9.47 Å². The molecule has 1 unspecified atom stereocenters. The van der Waals surface area contributed by atoms with Crippen LogP contribution in [0.15, 0.2) is 22.6 Å². The number of hydrogen-bond donors (Lipinski definition) is 1. The molecule has 4 heterocycles. The number of ether oxygens (including phenoxy) is 1. The molecule has 1 saturated heterocycles. The van der Waals surface area contributed by atoms with Crippen molar-refractivity contribution in [3.63, 3.8) is 0 Å². The Morgan fingerprint density at radius 3 is 3.12 bits per heavy atom. The number of nitrogen functional groups attached to an aromatic ring is 1. The number of nitrogens with zero attached hydrogens (tertiary/aromatic N) is 4. The Bertz CT molecular complexity index is 839. The van der Waals surface area contributed by atoms with E-state index in [1.54, 1.807) is 11.3 Å². The van der Waals surface area contributed by atoms with Gasteiger partial charge in [0.15, 0.2) is 0 Å². The van der Waals surface area contributed by atoms with Crippen molar-refractivity contribution in [1.29, 1.82) is 0 Å². The lowest BCUT2D eigenvalue weighted by molar-refractivity contribution is -0.119. The van der Waals surface area contributed by atoms with E-state index in [2.05, 4.69) is 14.9 Å². The molecular weight excluding hydrogens is 352 g/mol. The molecule has 2 N–H and O–H groups in total. The number of thiazole rings is 1. The highest BCUT2D eigenvalue weighted by molar-refractivity contribution is 7.09. The molecule has 0 radical (unpaired) electrons. The summed E-state index contributed by atoms with van der Waals surface area (Å²) in [5.41, 5.74) is 7.39. The zero-order valence-corrected chi connectivity index (χ0v) is 14.1. The van der Waals surface area contributed by atoms with Crippen LogP contribution in [0.3, 0.4) is 0 Å². The van der Waals surface area contributed by atoms with E-state index >= 15 is 0 Å². The minimum atomic E-state index is -3.14. The SMILES string of the molecule is Nc1ccn([C@@H]2OC(CN3CCc4scnc4C3)CC2(F)F)c(=O)n1. The van der Waals surface area contributed by atoms with Gasteiger partial charge < -0.3 is 10.5 Å². The third kappa shape index (κ3) is 3.16. The first-order valence-corrected chi connectivity index (χ1v) is 8.82. The lowest BCUT2D eigenvalue weighted by Gasteiger charge is -2.28. The lowest BCUT2D eigenvalue weighted by Crippen LogP contribution is -2.36. The highest BCUT2D eigenvalue weighted by Gasteiger charge is 2.52. The molecule has 10 heteroatoms. The standard InChI is InChI=1S/C15H17F2N5O2S/c16-15(17)5-9(6-21-3-1-11-10(7-21)19-8-25-11)24-13(15)22-4-2-12(18)20-14(22)23/h2,4,8-9,13H,1,3,5-7H2,(H2,18,20,23)/t9?,13-/m1/s1. The molecule has 0 saturated carbocycles. The van der Waals surface area contributed by atoms with Gasteiger partial charge in [-0.05, 0) is 12.5 Å². The molecule has 0 spiro atoms. The Morgan fingerprint density at radius 2 is 2.32 bits per heavy atom. The molecule has 2 aromatic rings. The van der Waals surface area contributed by atoms with Gasteiger partial charge in [0, 0.05) is 37.1 Å². The minimum Gasteiger partial charge on any atom is -0.383 e. The van der Waals surface area contributed by atoms with E-state index in [4.69, 9.17) is 10.5 Å². The van der Waals surface area contributed by atoms with Crippen LogP contribution < -0.4 is 11.4 Å². The summed E-state index contributed by atoms with van der Waals surface area (Å²) in [5, 5.41) is 0. The van der Waals surface area contributed by atoms with E-state index < -0.39 is 30.4 Å². The van der Waals surface area contributed by atoms with Gasteiger partial charge in [0.25, 0.3) is 5.92 Å². The normalized spacial score (nSPS) is 25.8. The highest BCUT2D eigenvalue weighted by atomic mass is 32.1. The second-order valence-electron chi connectivity index (χ2n) is 6.33. The van der Waals surface area contributed by atoms with Crippen LogP contribution in [0.1, 0.15) is 23.2 Å². The number of fused-ring (bicyclic) bond motifs is 1. The molecular formula is C15H17F2N5O2S. The van der Waals surface area contributed by atoms with Gasteiger partial charge >= 0.3 is 5.69 Å². The van der Waals surface area contributed by atoms with Gasteiger partial charge in [0.2, 0.25) is 6.23 Å². The third-order valence-electron chi connectivity index (χ3n) is 4.50. The molecule has 7 nitrogen and oxygen atoms in total. The maximum absolute atomic E-state index is 14.4. The van der Waals surface area contributed by atoms with Crippen LogP contribution in [0.5, 0.6) is 0 Å². The molecule has 0 aliphatic carbocycles. The predicted molar refractivity (Wildman–Crippen MR) is 87.5 cm³/mol. The fourth-order valence-electron chi connectivity index (χ4n) is 3.34. The predicted octanol–water partition coefficient (Wildman–Crippen LogP) is 1.26. The average molecular weight is 369 g/mol. The van der Waals surface area contributed by atoms with Crippen LogP contribution in [-0.2, 0) is 17.7 Å². The summed E-state index contributed by atoms with van der Waals surface area (Å²) < 4.78 is 35.1. The van der Waals surface area contributed by atoms with E-state index in [1.165, 1.54) is 17.1 Å². The Hall–Kier alpha value is -1.91. The second-order valence-corrected chi connectivity index (χ2v) is 7.26. The summed E-state index contributed by atoms with van der Waals surface area (Å²) >= 11 is 1.63. The van der Waals surface area contributed by atoms with Crippen molar-refractivity contribution in [3.8, 4) is 0 Å². The van der Waals surface area contributed by atoms with Crippen molar-refractivity contribution in [2.75, 3.05) is 18.8 Å². The number of rotatable bonds is 3. The van der Waals surface area contributed by atoms with Crippen LogP contribution in [0.4, 0.5) is 14.6 Å². The van der Waals surface area contributed by atoms with Crippen molar-refractivity contribution < 1.29 is 13.5 Å². The molecule has 2 atom stereocenters. The number of alkyl halides is 2. The molecule has 134 valence electrons. The number of nitrogens with two attached hydrogens (primary N) is 1. The molecule has 4 rings (SSSR count). The molecule has 2 aliphatic rings. The Kier molecular flexibility index (Phi) is 4.05. The Labute approximate surface area is 146 Å². The number of hydrogen-bond acceptors (Lipinski definition) is 7. The molecule has 0 amide bonds. The van der Waals surface area contributed by atoms with Crippen molar-refractivity contribution in [1.82, 2.24) is 19.4 Å². The number of halogens is 2. The fourth-order valence-corrected chi connectivity index (χ4v) is 4.11. The molecule has 2 aliphatic heterocycles. The summed E-state index contributed by atoms with van der Waals surface area (Å²) in [4.78, 5) is 23.0. The van der Waals surface area contributed by atoms with Gasteiger partial charge in [-0.15, -0.1) is 11.3 Å². The van der Waals surface area contributed by atoms with Crippen LogP contribution >= 0.6 is 11.3 Å². The number of anilines is 1. The largest absolute Gasteiger partial charge is 0.383 e. The fraction of sp³-hybridized carbons (Fsp3) is 0.533. The van der Waals surface area contributed by atoms with E-state index in [0.717, 1.165) is 23.2 Å². The summed E-state index contributed by atoms with van der Waals surface area (Å²) in [7, 11) is 0. The zero-order chi connectivity index (χ0) is 17.6. The van der Waals surface area contributed by atoms with E-state index in [0.29, 0.717) is 13.1 Å². The van der Waals surface area contributed by atoms with Gasteiger partial charge in [-0.25, -0.2) is 18.6 Å². The first-order chi connectivity index (χ1) is 11.9. The first-order valence-electron chi connectivity index (χ1n) is 7.94. The van der Waals surface area contributed by atoms with Crippen molar-refractivity contribution in [2.24, 2.45) is 0 Å². The monoisotopic (exact) mass is 369 g/mol. The van der Waals surface area contributed by atoms with E-state index in [-0.39, 0.29) is 5.82 Å². The minimum absolute atomic E-state index is 0.00787. The van der Waals surface area contributed by atoms with Crippen LogP contribution in [0, 0.1) is 0 Å². The molecule has 25 heavy (non-hydrogen) atoms. The van der Waals surface area contributed by atoms with Crippen LogP contribution in [-0.4, -0.2) is 44.6 Å². The van der Waals surface area contributed by atoms with Crippen molar-refractivity contribution in [2.45, 2.75) is 37.6 Å². The molecule has 1 fully saturated rings. The molecule has 0 bridgehead atoms. The lowest BCUT2D eigenvalue weighted by atomic mass is 10.1. The van der Waals surface area contributed by atoms with Gasteiger partial charge in [-0.2, -0.15) is 4.98 Å². The molecule has 2 aromatic heterocycles. The van der Waals surface area contributed by atoms with Crippen molar-refractivity contribution in [3.05, 3.63) is 38.8 Å². The summed E-state index contributed by atoms with van der Waals surface area (Å²) in [6, 6.07) is 1.31. The first kappa shape index (κ1) is 16.6. The van der Waals surface area contributed by atoms with E-state index in [9.17, 15) is 13.6 Å². The van der Waals surface area contributed by atoms with Gasteiger partial charge in [-0.1, -0.05) is 0 Å². The van der Waals surface area contributed by atoms with Crippen molar-refractivity contribution >= 4 is 17.2 Å². The summed E-state index contributed by atoms with van der Waals surface area (Å²) in [5.74, 6) is -3.15. The quantitative estimate of drug-likeness (QED) is 0.877. The Balaban J connectivity index is 1.48. The number of aromatic nitrogens is 3. The summed E-state index contributed by atoms with van der Waals surface area (Å²) in [6.45, 7) is 1.80. The van der Waals surface area contributed by atoms with E-state index in [1.807, 2.05) is 5.51 Å². The maximum Gasteiger partial charge on any atom is 0.351 e.